The standard InChI is InChI=1S/C6H13NO3/c7-5-1-4(2-8)10-3-6(5)9/h4-6,8-9H,1-3,7H2. The number of nitrogens with two attached hydrogens (primary N) is 1. The van der Waals surface area contributed by atoms with E-state index in [4.69, 9.17) is 20.7 Å². The van der Waals surface area contributed by atoms with Gasteiger partial charge >= 0.3 is 0 Å². The zero-order chi connectivity index (χ0) is 7.56. The van der Waals surface area contributed by atoms with Crippen molar-refractivity contribution in [2.45, 2.75) is 24.7 Å². The zero-order valence-electron chi connectivity index (χ0n) is 5.73. The Labute approximate surface area is 59.6 Å². The summed E-state index contributed by atoms with van der Waals surface area (Å²) in [6.45, 7) is 0.229. The molecule has 4 heteroatoms. The predicted octanol–water partition coefficient (Wildman–Crippen LogP) is -1.54. The molecule has 60 valence electrons. The van der Waals surface area contributed by atoms with Crippen molar-refractivity contribution in [1.29, 1.82) is 0 Å². The average Bonchev–Trinajstić information content (AvgIpc) is 1.95. The van der Waals surface area contributed by atoms with Gasteiger partial charge in [0.15, 0.2) is 0 Å². The lowest BCUT2D eigenvalue weighted by atomic mass is 10.0. The molecule has 4 N–H and O–H groups in total. The van der Waals surface area contributed by atoms with Crippen LogP contribution in [0.5, 0.6) is 0 Å². The van der Waals surface area contributed by atoms with Gasteiger partial charge in [0.2, 0.25) is 0 Å². The number of rotatable bonds is 1. The third-order valence-electron chi connectivity index (χ3n) is 1.74. The van der Waals surface area contributed by atoms with Crippen LogP contribution < -0.4 is 5.73 Å². The van der Waals surface area contributed by atoms with Crippen LogP contribution in [0, 0.1) is 0 Å². The summed E-state index contributed by atoms with van der Waals surface area (Å²) in [5, 5.41) is 17.7. The molecule has 1 fully saturated rings. The van der Waals surface area contributed by atoms with E-state index >= 15 is 0 Å². The minimum atomic E-state index is -0.567. The summed E-state index contributed by atoms with van der Waals surface area (Å²) < 4.78 is 5.03. The monoisotopic (exact) mass is 147 g/mol. The van der Waals surface area contributed by atoms with Crippen LogP contribution >= 0.6 is 0 Å². The van der Waals surface area contributed by atoms with Gasteiger partial charge in [-0.25, -0.2) is 0 Å². The Morgan fingerprint density at radius 1 is 1.60 bits per heavy atom. The topological polar surface area (TPSA) is 75.7 Å². The first-order chi connectivity index (χ1) is 4.74. The van der Waals surface area contributed by atoms with Crippen molar-refractivity contribution in [2.24, 2.45) is 5.73 Å². The molecule has 1 saturated heterocycles. The molecule has 1 heterocycles. The van der Waals surface area contributed by atoms with E-state index in [0.29, 0.717) is 6.42 Å². The SMILES string of the molecule is NC1CC(CO)OCC1O. The fourth-order valence-electron chi connectivity index (χ4n) is 1.01. The molecule has 1 aliphatic heterocycles. The maximum atomic E-state index is 9.06. The van der Waals surface area contributed by atoms with E-state index < -0.39 is 6.10 Å². The van der Waals surface area contributed by atoms with Crippen molar-refractivity contribution >= 4 is 0 Å². The van der Waals surface area contributed by atoms with E-state index in [0.717, 1.165) is 0 Å². The first kappa shape index (κ1) is 7.94. The van der Waals surface area contributed by atoms with Crippen LogP contribution in [0.3, 0.4) is 0 Å². The molecule has 0 aliphatic carbocycles. The summed E-state index contributed by atoms with van der Waals surface area (Å²) in [6.07, 6.45) is -0.210. The van der Waals surface area contributed by atoms with Crippen LogP contribution in [-0.4, -0.2) is 41.7 Å². The second kappa shape index (κ2) is 3.30. The molecule has 3 atom stereocenters. The molecular weight excluding hydrogens is 134 g/mol. The molecule has 0 bridgehead atoms. The maximum Gasteiger partial charge on any atom is 0.0925 e. The third-order valence-corrected chi connectivity index (χ3v) is 1.74. The zero-order valence-corrected chi connectivity index (χ0v) is 5.73. The average molecular weight is 147 g/mol. The number of aliphatic hydroxyl groups excluding tert-OH is 2. The number of ether oxygens (including phenoxy) is 1. The van der Waals surface area contributed by atoms with Gasteiger partial charge in [-0.3, -0.25) is 0 Å². The van der Waals surface area contributed by atoms with E-state index in [1.54, 1.807) is 0 Å². The smallest absolute Gasteiger partial charge is 0.0925 e. The van der Waals surface area contributed by atoms with Crippen LogP contribution in [0.4, 0.5) is 0 Å². The lowest BCUT2D eigenvalue weighted by molar-refractivity contribution is -0.0827. The fourth-order valence-corrected chi connectivity index (χ4v) is 1.01. The molecule has 3 unspecified atom stereocenters. The van der Waals surface area contributed by atoms with Crippen molar-refractivity contribution in [2.75, 3.05) is 13.2 Å². The van der Waals surface area contributed by atoms with Crippen molar-refractivity contribution < 1.29 is 14.9 Å². The molecule has 1 aliphatic rings. The molecule has 0 aromatic carbocycles. The largest absolute Gasteiger partial charge is 0.394 e. The van der Waals surface area contributed by atoms with Crippen LogP contribution in [-0.2, 0) is 4.74 Å². The Bertz CT molecular complexity index is 109. The highest BCUT2D eigenvalue weighted by Gasteiger charge is 2.26. The number of hydrogen-bond acceptors (Lipinski definition) is 4. The highest BCUT2D eigenvalue weighted by atomic mass is 16.5. The van der Waals surface area contributed by atoms with Crippen molar-refractivity contribution in [3.05, 3.63) is 0 Å². The normalized spacial score (nSPS) is 41.7. The van der Waals surface area contributed by atoms with Crippen molar-refractivity contribution in [3.8, 4) is 0 Å². The fraction of sp³-hybridized carbons (Fsp3) is 1.00. The summed E-state index contributed by atoms with van der Waals surface area (Å²) in [5.74, 6) is 0. The third kappa shape index (κ3) is 1.67. The minimum absolute atomic E-state index is 0.0135. The molecule has 0 saturated carbocycles. The first-order valence-electron chi connectivity index (χ1n) is 3.40. The van der Waals surface area contributed by atoms with Crippen molar-refractivity contribution in [3.63, 3.8) is 0 Å². The van der Waals surface area contributed by atoms with Crippen LogP contribution in [0.15, 0.2) is 0 Å². The Kier molecular flexibility index (Phi) is 2.62. The quantitative estimate of drug-likeness (QED) is 0.420. The molecule has 0 aromatic rings. The van der Waals surface area contributed by atoms with Gasteiger partial charge in [-0.2, -0.15) is 0 Å². The summed E-state index contributed by atoms with van der Waals surface area (Å²) in [7, 11) is 0. The lowest BCUT2D eigenvalue weighted by Gasteiger charge is -2.29. The van der Waals surface area contributed by atoms with E-state index in [2.05, 4.69) is 0 Å². The Morgan fingerprint density at radius 2 is 2.30 bits per heavy atom. The van der Waals surface area contributed by atoms with Gasteiger partial charge in [-0.05, 0) is 6.42 Å². The van der Waals surface area contributed by atoms with Gasteiger partial charge in [0.25, 0.3) is 0 Å². The van der Waals surface area contributed by atoms with Gasteiger partial charge in [0, 0.05) is 6.04 Å². The van der Waals surface area contributed by atoms with Gasteiger partial charge < -0.3 is 20.7 Å². The van der Waals surface area contributed by atoms with Crippen LogP contribution in [0.2, 0.25) is 0 Å². The Hall–Kier alpha value is -0.160. The van der Waals surface area contributed by atoms with Crippen molar-refractivity contribution in [1.82, 2.24) is 0 Å². The molecule has 0 aromatic heterocycles. The predicted molar refractivity (Wildman–Crippen MR) is 35.4 cm³/mol. The lowest BCUT2D eigenvalue weighted by Crippen LogP contribution is -2.47. The van der Waals surface area contributed by atoms with E-state index in [1.807, 2.05) is 0 Å². The number of hydrogen-bond donors (Lipinski definition) is 3. The molecule has 0 radical (unpaired) electrons. The second-order valence-corrected chi connectivity index (χ2v) is 2.60. The minimum Gasteiger partial charge on any atom is -0.394 e. The Morgan fingerprint density at radius 3 is 2.80 bits per heavy atom. The molecule has 4 nitrogen and oxygen atoms in total. The van der Waals surface area contributed by atoms with E-state index in [-0.39, 0.29) is 25.4 Å². The molecular formula is C6H13NO3. The number of aliphatic hydroxyl groups is 2. The molecule has 0 spiro atoms. The summed E-state index contributed by atoms with van der Waals surface area (Å²) in [5.41, 5.74) is 5.50. The summed E-state index contributed by atoms with van der Waals surface area (Å²) >= 11 is 0. The Balaban J connectivity index is 2.33. The molecule has 10 heavy (non-hydrogen) atoms. The maximum absolute atomic E-state index is 9.06. The molecule has 1 rings (SSSR count). The highest BCUT2D eigenvalue weighted by molar-refractivity contribution is 4.80. The van der Waals surface area contributed by atoms with Gasteiger partial charge in [0.05, 0.1) is 25.4 Å². The van der Waals surface area contributed by atoms with Crippen LogP contribution in [0.25, 0.3) is 0 Å². The summed E-state index contributed by atoms with van der Waals surface area (Å²) in [6, 6.07) is -0.245. The van der Waals surface area contributed by atoms with E-state index in [9.17, 15) is 0 Å². The first-order valence-corrected chi connectivity index (χ1v) is 3.40. The van der Waals surface area contributed by atoms with Crippen LogP contribution in [0.1, 0.15) is 6.42 Å². The van der Waals surface area contributed by atoms with Gasteiger partial charge in [0.1, 0.15) is 0 Å². The van der Waals surface area contributed by atoms with Gasteiger partial charge in [-0.1, -0.05) is 0 Å². The second-order valence-electron chi connectivity index (χ2n) is 2.60. The highest BCUT2D eigenvalue weighted by Crippen LogP contribution is 2.11. The molecule has 0 amide bonds. The summed E-state index contributed by atoms with van der Waals surface area (Å²) in [4.78, 5) is 0. The van der Waals surface area contributed by atoms with E-state index in [1.165, 1.54) is 0 Å². The van der Waals surface area contributed by atoms with Gasteiger partial charge in [-0.15, -0.1) is 0 Å².